The summed E-state index contributed by atoms with van der Waals surface area (Å²) in [4.78, 5) is 0. The Morgan fingerprint density at radius 2 is 1.53 bits per heavy atom. The third-order valence-corrected chi connectivity index (χ3v) is 26.5. The van der Waals surface area contributed by atoms with E-state index in [4.69, 9.17) is 22.8 Å². The lowest BCUT2D eigenvalue weighted by atomic mass is 9.91. The lowest BCUT2D eigenvalue weighted by Crippen LogP contribution is -2.46. The van der Waals surface area contributed by atoms with Gasteiger partial charge >= 0.3 is 0 Å². The Kier molecular flexibility index (Phi) is 20.0. The molecule has 7 atom stereocenters. The predicted molar refractivity (Wildman–Crippen MR) is 251 cm³/mol. The molecule has 0 saturated heterocycles. The van der Waals surface area contributed by atoms with Gasteiger partial charge in [0.1, 0.15) is 0 Å². The maximum Gasteiger partial charge on any atom is 0.193 e. The first-order chi connectivity index (χ1) is 26.0. The summed E-state index contributed by atoms with van der Waals surface area (Å²) < 4.78 is 32.5. The van der Waals surface area contributed by atoms with Gasteiger partial charge in [0, 0.05) is 6.42 Å². The molecular weight excluding hydrogens is 757 g/mol. The van der Waals surface area contributed by atoms with Gasteiger partial charge in [-0.3, -0.25) is 0 Å². The molecule has 2 aliphatic heterocycles. The van der Waals surface area contributed by atoms with E-state index in [1.54, 1.807) is 0 Å². The smallest absolute Gasteiger partial charge is 0.193 e. The molecule has 57 heavy (non-hydrogen) atoms. The lowest BCUT2D eigenvalue weighted by Gasteiger charge is -2.40. The van der Waals surface area contributed by atoms with Crippen molar-refractivity contribution in [3.63, 3.8) is 0 Å². The molecule has 0 bridgehead atoms. The van der Waals surface area contributed by atoms with Crippen molar-refractivity contribution in [2.75, 3.05) is 13.2 Å². The van der Waals surface area contributed by atoms with E-state index in [9.17, 15) is 5.11 Å². The summed E-state index contributed by atoms with van der Waals surface area (Å²) in [6.07, 6.45) is 19.5. The van der Waals surface area contributed by atoms with Crippen LogP contribution in [0.3, 0.4) is 0 Å². The van der Waals surface area contributed by atoms with Crippen molar-refractivity contribution in [1.29, 1.82) is 0 Å². The zero-order chi connectivity index (χ0) is 43.5. The van der Waals surface area contributed by atoms with Crippen LogP contribution in [0.15, 0.2) is 60.3 Å². The van der Waals surface area contributed by atoms with Crippen LogP contribution in [0.5, 0.6) is 0 Å². The van der Waals surface area contributed by atoms with E-state index in [0.29, 0.717) is 32.0 Å². The monoisotopic (exact) mass is 843 g/mol. The van der Waals surface area contributed by atoms with Gasteiger partial charge < -0.3 is 27.9 Å². The van der Waals surface area contributed by atoms with Crippen LogP contribution in [0.1, 0.15) is 121 Å². The summed E-state index contributed by atoms with van der Waals surface area (Å²) in [7, 11) is -6.05. The molecular formula is C48H86O6Si3. The fourth-order valence-electron chi connectivity index (χ4n) is 6.15. The SMILES string of the molecule is C=C(CC(C=CC[C@@H](O)[C@H](C=C[C@@H]1CC(C)=CCO1)O[Si](C)(C)C(C)(C)C)O[Si](C)(C)C(C)(C)C)C[C@H](C)C[C@@H]1CC=C[C@@H](CC#CCO[Si](C)(C)C(C)(C)C)O1. The molecule has 1 unspecified atom stereocenters. The Bertz CT molecular complexity index is 1440. The fourth-order valence-corrected chi connectivity index (χ4v) is 9.56. The molecule has 0 radical (unpaired) electrons. The van der Waals surface area contributed by atoms with Crippen molar-refractivity contribution in [2.24, 2.45) is 5.92 Å². The fraction of sp³-hybridized carbons (Fsp3) is 0.750. The minimum atomic E-state index is -2.16. The summed E-state index contributed by atoms with van der Waals surface area (Å²) in [6.45, 7) is 44.1. The van der Waals surface area contributed by atoms with Crippen molar-refractivity contribution in [3.8, 4) is 11.8 Å². The van der Waals surface area contributed by atoms with Gasteiger partial charge in [-0.1, -0.05) is 141 Å². The topological polar surface area (TPSA) is 66.4 Å². The van der Waals surface area contributed by atoms with Gasteiger partial charge in [0.05, 0.1) is 49.8 Å². The van der Waals surface area contributed by atoms with Crippen LogP contribution < -0.4 is 0 Å². The Labute approximate surface area is 354 Å². The van der Waals surface area contributed by atoms with Gasteiger partial charge in [-0.2, -0.15) is 0 Å². The summed E-state index contributed by atoms with van der Waals surface area (Å²) >= 11 is 0. The van der Waals surface area contributed by atoms with E-state index >= 15 is 0 Å². The Balaban J connectivity index is 2.08. The maximum atomic E-state index is 11.7. The normalized spacial score (nSPS) is 22.6. The summed E-state index contributed by atoms with van der Waals surface area (Å²) in [5.74, 6) is 6.97. The molecule has 1 N–H and O–H groups in total. The summed E-state index contributed by atoms with van der Waals surface area (Å²) in [5, 5.41) is 11.9. The van der Waals surface area contributed by atoms with Crippen molar-refractivity contribution < 1.29 is 27.9 Å². The second kappa shape index (κ2) is 22.0. The summed E-state index contributed by atoms with van der Waals surface area (Å²) in [6, 6.07) is 0. The third kappa shape index (κ3) is 18.0. The highest BCUT2D eigenvalue weighted by molar-refractivity contribution is 6.75. The molecule has 0 amide bonds. The number of ether oxygens (including phenoxy) is 2. The number of rotatable bonds is 19. The maximum absolute atomic E-state index is 11.7. The highest BCUT2D eigenvalue weighted by atomic mass is 28.4. The van der Waals surface area contributed by atoms with E-state index in [1.807, 2.05) is 6.08 Å². The Hall–Kier alpha value is -1.33. The highest BCUT2D eigenvalue weighted by Crippen LogP contribution is 2.40. The lowest BCUT2D eigenvalue weighted by molar-refractivity contribution is -0.00335. The van der Waals surface area contributed by atoms with E-state index in [-0.39, 0.29) is 39.5 Å². The molecule has 0 aromatic rings. The van der Waals surface area contributed by atoms with Crippen molar-refractivity contribution >= 4 is 25.0 Å². The molecule has 0 aromatic carbocycles. The highest BCUT2D eigenvalue weighted by Gasteiger charge is 2.41. The van der Waals surface area contributed by atoms with Gasteiger partial charge in [0.15, 0.2) is 25.0 Å². The van der Waals surface area contributed by atoms with Crippen LogP contribution in [0.25, 0.3) is 0 Å². The van der Waals surface area contributed by atoms with E-state index in [0.717, 1.165) is 32.1 Å². The van der Waals surface area contributed by atoms with Crippen LogP contribution in [-0.2, 0) is 22.8 Å². The number of aliphatic hydroxyl groups is 1. The molecule has 0 fully saturated rings. The number of hydrogen-bond donors (Lipinski definition) is 1. The van der Waals surface area contributed by atoms with Crippen LogP contribution in [0, 0.1) is 17.8 Å². The molecule has 2 heterocycles. The molecule has 0 aromatic heterocycles. The Morgan fingerprint density at radius 1 is 0.912 bits per heavy atom. The van der Waals surface area contributed by atoms with E-state index < -0.39 is 37.2 Å². The molecule has 326 valence electrons. The first-order valence-electron chi connectivity index (χ1n) is 21.8. The van der Waals surface area contributed by atoms with Crippen LogP contribution in [0.4, 0.5) is 0 Å². The molecule has 0 spiro atoms. The molecule has 2 rings (SSSR count). The quantitative estimate of drug-likeness (QED) is 0.0794. The molecule has 2 aliphatic rings. The first kappa shape index (κ1) is 51.8. The second-order valence-electron chi connectivity index (χ2n) is 21.6. The first-order valence-corrected chi connectivity index (χ1v) is 30.5. The zero-order valence-electron chi connectivity index (χ0n) is 39.6. The minimum Gasteiger partial charge on any atom is -0.410 e. The van der Waals surface area contributed by atoms with E-state index in [2.05, 4.69) is 170 Å². The molecule has 9 heteroatoms. The summed E-state index contributed by atoms with van der Waals surface area (Å²) in [5.41, 5.74) is 2.52. The van der Waals surface area contributed by atoms with Gasteiger partial charge in [-0.15, -0.1) is 0 Å². The van der Waals surface area contributed by atoms with Gasteiger partial charge in [0.2, 0.25) is 0 Å². The van der Waals surface area contributed by atoms with Crippen LogP contribution in [-0.4, -0.2) is 79.9 Å². The largest absolute Gasteiger partial charge is 0.410 e. The molecule has 6 nitrogen and oxygen atoms in total. The van der Waals surface area contributed by atoms with Crippen LogP contribution in [0.2, 0.25) is 54.4 Å². The van der Waals surface area contributed by atoms with Crippen LogP contribution >= 0.6 is 0 Å². The second-order valence-corrected chi connectivity index (χ2v) is 35.9. The van der Waals surface area contributed by atoms with Crippen molar-refractivity contribution in [3.05, 3.63) is 60.3 Å². The predicted octanol–water partition coefficient (Wildman–Crippen LogP) is 12.9. The number of aliphatic hydroxyl groups excluding tert-OH is 1. The molecule has 0 saturated carbocycles. The zero-order valence-corrected chi connectivity index (χ0v) is 42.6. The average Bonchev–Trinajstić information content (AvgIpc) is 3.04. The third-order valence-electron chi connectivity index (χ3n) is 13.0. The standard InChI is InChI=1S/C48H86O6Si3/c1-37-30-32-50-41(34-37)28-29-45(54-57(17,18)48(10,11)12)44(49)27-22-26-43(53-56(15,16)47(7,8)9)36-39(3)33-38(2)35-42-25-21-24-40(52-42)23-19-20-31-51-55(13,14)46(4,5)6/h21-22,24,26,28-30,38,40-45,49H,3,23,25,27,31-36H2,1-2,4-18H3/t38-,40+,41+,42-,43?,44+,45-/m0/s1. The average molecular weight is 843 g/mol. The van der Waals surface area contributed by atoms with Gasteiger partial charge in [-0.25, -0.2) is 0 Å². The number of hydrogen-bond acceptors (Lipinski definition) is 6. The minimum absolute atomic E-state index is 0.00106. The van der Waals surface area contributed by atoms with Gasteiger partial charge in [0.25, 0.3) is 0 Å². The van der Waals surface area contributed by atoms with Gasteiger partial charge in [-0.05, 0) is 106 Å². The van der Waals surface area contributed by atoms with Crippen molar-refractivity contribution in [2.45, 2.75) is 212 Å². The van der Waals surface area contributed by atoms with Crippen molar-refractivity contribution in [1.82, 2.24) is 0 Å². The Morgan fingerprint density at radius 3 is 2.12 bits per heavy atom. The van der Waals surface area contributed by atoms with E-state index in [1.165, 1.54) is 11.1 Å². The molecule has 0 aliphatic carbocycles.